The van der Waals surface area contributed by atoms with Gasteiger partial charge in [0.15, 0.2) is 0 Å². The summed E-state index contributed by atoms with van der Waals surface area (Å²) in [5.74, 6) is 0. The van der Waals surface area contributed by atoms with Gasteiger partial charge in [0.2, 0.25) is 0 Å². The molecule has 0 N–H and O–H groups in total. The second kappa shape index (κ2) is 2.23. The summed E-state index contributed by atoms with van der Waals surface area (Å²) >= 11 is 0. The van der Waals surface area contributed by atoms with Gasteiger partial charge in [-0.2, -0.15) is 0 Å². The van der Waals surface area contributed by atoms with E-state index in [2.05, 4.69) is 10.5 Å². The van der Waals surface area contributed by atoms with Crippen LogP contribution in [0.1, 0.15) is 0 Å². The average molecular weight is 145 g/mol. The maximum absolute atomic E-state index is 11.0. The minimum absolute atomic E-state index is 0.306. The van der Waals surface area contributed by atoms with Crippen molar-refractivity contribution in [1.82, 2.24) is 0 Å². The predicted molar refractivity (Wildman–Crippen MR) is 41.3 cm³/mol. The van der Waals surface area contributed by atoms with E-state index in [0.29, 0.717) is 5.39 Å². The average Bonchev–Trinajstić information content (AvgIpc) is 2.06. The van der Waals surface area contributed by atoms with Crippen molar-refractivity contribution in [2.45, 2.75) is 0 Å². The van der Waals surface area contributed by atoms with E-state index < -0.39 is 0 Å². The zero-order valence-corrected chi connectivity index (χ0v) is 5.70. The van der Waals surface area contributed by atoms with Crippen molar-refractivity contribution in [1.29, 1.82) is 0 Å². The van der Waals surface area contributed by atoms with Gasteiger partial charge in [0.05, 0.1) is 11.6 Å². The van der Waals surface area contributed by atoms with Gasteiger partial charge in [-0.25, -0.2) is 4.79 Å². The fraction of sp³-hybridized carbons (Fsp3) is 0. The Morgan fingerprint density at radius 1 is 1.36 bits per heavy atom. The van der Waals surface area contributed by atoms with Gasteiger partial charge in [-0.15, -0.1) is 0 Å². The summed E-state index contributed by atoms with van der Waals surface area (Å²) in [5, 5.41) is 1.47. The molecule has 1 heterocycles. The molecule has 0 saturated carbocycles. The van der Waals surface area contributed by atoms with Crippen molar-refractivity contribution in [3.8, 4) is 0 Å². The molecule has 0 spiro atoms. The van der Waals surface area contributed by atoms with Crippen LogP contribution in [0.15, 0.2) is 39.7 Å². The Hall–Kier alpha value is -1.57. The molecule has 1 aromatic heterocycles. The predicted octanol–water partition coefficient (Wildman–Crippen LogP) is 1.59. The second-order valence-electron chi connectivity index (χ2n) is 2.22. The molecule has 1 aromatic carbocycles. The second-order valence-corrected chi connectivity index (χ2v) is 2.22. The van der Waals surface area contributed by atoms with Gasteiger partial charge < -0.3 is 4.42 Å². The van der Waals surface area contributed by atoms with Crippen LogP contribution in [-0.4, -0.2) is 0 Å². The van der Waals surface area contributed by atoms with Crippen LogP contribution >= 0.6 is 0 Å². The van der Waals surface area contributed by atoms with Crippen molar-refractivity contribution >= 4 is 10.8 Å². The Kier molecular flexibility index (Phi) is 1.25. The Morgan fingerprint density at radius 3 is 3.09 bits per heavy atom. The third kappa shape index (κ3) is 0.923. The van der Waals surface area contributed by atoms with Gasteiger partial charge in [-0.3, -0.25) is 0 Å². The van der Waals surface area contributed by atoms with Gasteiger partial charge in [-0.05, 0) is 23.6 Å². The molecule has 53 valence electrons. The Balaban J connectivity index is 3.03. The van der Waals surface area contributed by atoms with Crippen molar-refractivity contribution < 1.29 is 4.42 Å². The fourth-order valence-electron chi connectivity index (χ4n) is 0.997. The largest absolute Gasteiger partial charge is 0.431 e. The Bertz CT molecular complexity index is 423. The van der Waals surface area contributed by atoms with Crippen molar-refractivity contribution in [3.63, 3.8) is 0 Å². The maximum Gasteiger partial charge on any atom is 0.343 e. The molecule has 0 fully saturated rings. The monoisotopic (exact) mass is 145 g/mol. The third-order valence-electron chi connectivity index (χ3n) is 1.54. The van der Waals surface area contributed by atoms with Crippen LogP contribution < -0.4 is 5.63 Å². The normalized spacial score (nSPS) is 10.2. The summed E-state index contributed by atoms with van der Waals surface area (Å²) in [5.41, 5.74) is -0.306. The lowest BCUT2D eigenvalue weighted by Crippen LogP contribution is -1.96. The fourth-order valence-corrected chi connectivity index (χ4v) is 0.997. The smallest absolute Gasteiger partial charge is 0.343 e. The van der Waals surface area contributed by atoms with E-state index in [1.54, 1.807) is 18.2 Å². The van der Waals surface area contributed by atoms with E-state index in [1.807, 2.05) is 6.07 Å². The third-order valence-corrected chi connectivity index (χ3v) is 1.54. The molecule has 0 aliphatic rings. The van der Waals surface area contributed by atoms with E-state index in [0.717, 1.165) is 5.39 Å². The molecular weight excluding hydrogens is 140 g/mol. The molecule has 0 aliphatic heterocycles. The molecule has 11 heavy (non-hydrogen) atoms. The van der Waals surface area contributed by atoms with E-state index in [9.17, 15) is 4.79 Å². The minimum Gasteiger partial charge on any atom is -0.431 e. The molecule has 1 radical (unpaired) electrons. The Labute approximate surface area is 63.1 Å². The first-order valence-electron chi connectivity index (χ1n) is 3.25. The highest BCUT2D eigenvalue weighted by Crippen LogP contribution is 2.06. The zero-order valence-electron chi connectivity index (χ0n) is 5.70. The highest BCUT2D eigenvalue weighted by molar-refractivity contribution is 5.80. The number of fused-ring (bicyclic) bond motifs is 1. The topological polar surface area (TPSA) is 30.2 Å². The van der Waals surface area contributed by atoms with Crippen LogP contribution in [0.5, 0.6) is 0 Å². The number of benzene rings is 1. The zero-order chi connectivity index (χ0) is 7.68. The molecule has 2 rings (SSSR count). The van der Waals surface area contributed by atoms with E-state index >= 15 is 0 Å². The molecule has 0 aliphatic carbocycles. The summed E-state index contributed by atoms with van der Waals surface area (Å²) < 4.78 is 4.66. The lowest BCUT2D eigenvalue weighted by molar-refractivity contribution is 0.519. The summed E-state index contributed by atoms with van der Waals surface area (Å²) in [7, 11) is 0. The maximum atomic E-state index is 11.0. The SMILES string of the molecule is O=c1occc2cc[c]cc12. The molecule has 2 aromatic rings. The van der Waals surface area contributed by atoms with Gasteiger partial charge in [0.1, 0.15) is 0 Å². The van der Waals surface area contributed by atoms with Crippen LogP contribution in [-0.2, 0) is 0 Å². The summed E-state index contributed by atoms with van der Waals surface area (Å²) in [6, 6.07) is 9.79. The minimum atomic E-state index is -0.306. The first kappa shape index (κ1) is 6.16. The highest BCUT2D eigenvalue weighted by atomic mass is 16.4. The van der Waals surface area contributed by atoms with E-state index in [4.69, 9.17) is 0 Å². The highest BCUT2D eigenvalue weighted by Gasteiger charge is 1.95. The van der Waals surface area contributed by atoms with Gasteiger partial charge in [0.25, 0.3) is 0 Å². The van der Waals surface area contributed by atoms with Crippen molar-refractivity contribution in [3.05, 3.63) is 47.0 Å². The first-order valence-corrected chi connectivity index (χ1v) is 3.25. The molecule has 0 saturated heterocycles. The van der Waals surface area contributed by atoms with Gasteiger partial charge in [-0.1, -0.05) is 12.1 Å². The van der Waals surface area contributed by atoms with Crippen LogP contribution in [0.4, 0.5) is 0 Å². The van der Waals surface area contributed by atoms with Crippen LogP contribution in [0.2, 0.25) is 0 Å². The van der Waals surface area contributed by atoms with Gasteiger partial charge in [0, 0.05) is 0 Å². The lowest BCUT2D eigenvalue weighted by Gasteiger charge is -1.90. The quantitative estimate of drug-likeness (QED) is 0.563. The summed E-state index contributed by atoms with van der Waals surface area (Å²) in [6.07, 6.45) is 1.39. The number of hydrogen-bond acceptors (Lipinski definition) is 2. The van der Waals surface area contributed by atoms with Crippen molar-refractivity contribution in [2.24, 2.45) is 0 Å². The molecule has 0 bridgehead atoms. The molecule has 2 heteroatoms. The lowest BCUT2D eigenvalue weighted by atomic mass is 10.2. The summed E-state index contributed by atoms with van der Waals surface area (Å²) in [4.78, 5) is 11.0. The van der Waals surface area contributed by atoms with Crippen molar-refractivity contribution in [2.75, 3.05) is 0 Å². The first-order chi connectivity index (χ1) is 5.38. The molecular formula is C9H5O2. The van der Waals surface area contributed by atoms with E-state index in [-0.39, 0.29) is 5.63 Å². The van der Waals surface area contributed by atoms with Gasteiger partial charge >= 0.3 is 5.63 Å². The Morgan fingerprint density at radius 2 is 2.27 bits per heavy atom. The van der Waals surface area contributed by atoms with Crippen LogP contribution in [0.25, 0.3) is 10.8 Å². The van der Waals surface area contributed by atoms with E-state index in [1.165, 1.54) is 6.26 Å². The molecule has 0 atom stereocenters. The number of hydrogen-bond donors (Lipinski definition) is 0. The molecule has 2 nitrogen and oxygen atoms in total. The van der Waals surface area contributed by atoms with Crippen LogP contribution in [0, 0.1) is 6.07 Å². The molecule has 0 unspecified atom stereocenters. The standard InChI is InChI=1S/C9H5O2/c10-9-8-4-2-1-3-7(8)5-6-11-9/h1,3-6H. The molecule has 0 amide bonds. The summed E-state index contributed by atoms with van der Waals surface area (Å²) in [6.45, 7) is 0. The number of rotatable bonds is 0. The van der Waals surface area contributed by atoms with Crippen LogP contribution in [0.3, 0.4) is 0 Å².